The highest BCUT2D eigenvalue weighted by molar-refractivity contribution is 8.27. The van der Waals surface area contributed by atoms with E-state index in [0.717, 1.165) is 28.1 Å². The molecule has 2 unspecified atom stereocenters. The van der Waals surface area contributed by atoms with Crippen LogP contribution >= 0.6 is 0 Å². The molecule has 0 aromatic heterocycles. The van der Waals surface area contributed by atoms with E-state index in [4.69, 9.17) is 10.5 Å². The Morgan fingerprint density at radius 3 is 2.36 bits per heavy atom. The molecule has 9 heteroatoms. The summed E-state index contributed by atoms with van der Waals surface area (Å²) in [7, 11) is -0.354. The van der Waals surface area contributed by atoms with E-state index in [1.807, 2.05) is 31.2 Å². The van der Waals surface area contributed by atoms with Gasteiger partial charge < -0.3 is 15.6 Å². The van der Waals surface area contributed by atoms with E-state index >= 15 is 0 Å². The summed E-state index contributed by atoms with van der Waals surface area (Å²) >= 11 is 4.23. The van der Waals surface area contributed by atoms with E-state index in [0.29, 0.717) is 26.1 Å². The van der Waals surface area contributed by atoms with Crippen LogP contribution in [-0.2, 0) is 39.1 Å². The smallest absolute Gasteiger partial charge is 0.268 e. The molecule has 4 rings (SSSR count). The third-order valence-corrected chi connectivity index (χ3v) is 7.70. The van der Waals surface area contributed by atoms with Gasteiger partial charge in [-0.1, -0.05) is 42.5 Å². The minimum Gasteiger partial charge on any atom is -0.369 e. The Hall–Kier alpha value is -1.69. The monoisotopic (exact) mass is 492 g/mol. The second kappa shape index (κ2) is 10.7. The molecule has 2 atom stereocenters. The van der Waals surface area contributed by atoms with Crippen molar-refractivity contribution in [1.29, 1.82) is 0 Å². The molecular weight excluding hydrogens is 460 g/mol. The number of aliphatic hydroxyl groups is 1. The van der Waals surface area contributed by atoms with Crippen LogP contribution < -0.4 is 11.1 Å². The fraction of sp³-hybridized carbons (Fsp3) is 0.417. The van der Waals surface area contributed by atoms with Crippen molar-refractivity contribution in [1.82, 2.24) is 5.32 Å². The molecule has 0 bridgehead atoms. The molecule has 0 aliphatic carbocycles. The fourth-order valence-electron chi connectivity index (χ4n) is 4.22. The van der Waals surface area contributed by atoms with Crippen LogP contribution in [0, 0.1) is 0 Å². The van der Waals surface area contributed by atoms with Gasteiger partial charge in [-0.2, -0.15) is 4.21 Å². The predicted molar refractivity (Wildman–Crippen MR) is 136 cm³/mol. The first-order chi connectivity index (χ1) is 15.7. The number of rotatable bonds is 6. The Labute approximate surface area is 200 Å². The first-order valence-electron chi connectivity index (χ1n) is 10.8. The largest absolute Gasteiger partial charge is 0.369 e. The number of hydrogen-bond acceptors (Lipinski definition) is 8. The Bertz CT molecular complexity index is 1190. The van der Waals surface area contributed by atoms with Crippen molar-refractivity contribution >= 4 is 41.8 Å². The highest BCUT2D eigenvalue weighted by Gasteiger charge is 2.51. The van der Waals surface area contributed by atoms with Crippen molar-refractivity contribution in [3.63, 3.8) is 0 Å². The highest BCUT2D eigenvalue weighted by atomic mass is 32.9. The summed E-state index contributed by atoms with van der Waals surface area (Å²) in [4.78, 5) is 0. The topological polar surface area (TPSA) is 103 Å². The summed E-state index contributed by atoms with van der Waals surface area (Å²) in [5.74, 6) is 0. The van der Waals surface area contributed by atoms with Crippen LogP contribution in [0.3, 0.4) is 0 Å². The van der Waals surface area contributed by atoms with E-state index in [9.17, 15) is 9.32 Å². The molecule has 1 saturated heterocycles. The number of nitrogens with one attached hydrogen (secondary N) is 1. The summed E-state index contributed by atoms with van der Waals surface area (Å²) in [5.41, 5.74) is 4.59. The maximum atomic E-state index is 11.8. The van der Waals surface area contributed by atoms with Crippen LogP contribution in [0.1, 0.15) is 25.3 Å². The van der Waals surface area contributed by atoms with Crippen LogP contribution in [0.5, 0.6) is 0 Å². The van der Waals surface area contributed by atoms with Gasteiger partial charge in [0, 0.05) is 23.3 Å². The summed E-state index contributed by atoms with van der Waals surface area (Å²) in [6.07, 6.45) is 1.49. The summed E-state index contributed by atoms with van der Waals surface area (Å²) in [5, 5.41) is 19.6. The third-order valence-electron chi connectivity index (χ3n) is 6.07. The second-order valence-corrected chi connectivity index (χ2v) is 10.8. The van der Waals surface area contributed by atoms with Gasteiger partial charge in [0.1, 0.15) is 5.60 Å². The van der Waals surface area contributed by atoms with Crippen LogP contribution in [0.25, 0.3) is 21.5 Å². The van der Waals surface area contributed by atoms with Crippen molar-refractivity contribution in [2.45, 2.75) is 31.1 Å². The van der Waals surface area contributed by atoms with Gasteiger partial charge in [-0.25, -0.2) is 0 Å². The van der Waals surface area contributed by atoms with Crippen LogP contribution in [0.4, 0.5) is 0 Å². The lowest BCUT2D eigenvalue weighted by molar-refractivity contribution is -0.226. The molecule has 1 heterocycles. The van der Waals surface area contributed by atoms with E-state index < -0.39 is 20.4 Å². The van der Waals surface area contributed by atoms with Gasteiger partial charge >= 0.3 is 0 Å². The maximum Gasteiger partial charge on any atom is 0.268 e. The zero-order valence-electron chi connectivity index (χ0n) is 19.2. The van der Waals surface area contributed by atoms with Gasteiger partial charge in [-0.05, 0) is 60.0 Å². The molecule has 0 amide bonds. The molecule has 1 fully saturated rings. The van der Waals surface area contributed by atoms with Crippen LogP contribution in [0.2, 0.25) is 0 Å². The van der Waals surface area contributed by atoms with Crippen LogP contribution in [0.15, 0.2) is 54.6 Å². The summed E-state index contributed by atoms with van der Waals surface area (Å²) in [6, 6.07) is 18.7. The lowest BCUT2D eigenvalue weighted by Gasteiger charge is -2.49. The molecule has 1 aliphatic rings. The quantitative estimate of drug-likeness (QED) is 0.451. The molecule has 180 valence electrons. The molecule has 7 nitrogen and oxygen atoms in total. The second-order valence-electron chi connectivity index (χ2n) is 8.08. The average molecular weight is 493 g/mol. The Balaban J connectivity index is 0.000000383. The Kier molecular flexibility index (Phi) is 8.41. The van der Waals surface area contributed by atoms with Crippen LogP contribution in [-0.4, -0.2) is 48.8 Å². The maximum absolute atomic E-state index is 11.8. The van der Waals surface area contributed by atoms with Gasteiger partial charge in [0.05, 0.1) is 20.8 Å². The van der Waals surface area contributed by atoms with Gasteiger partial charge in [0.15, 0.2) is 5.72 Å². The van der Waals surface area contributed by atoms with Crippen molar-refractivity contribution < 1.29 is 22.4 Å². The lowest BCUT2D eigenvalue weighted by atomic mass is 9.79. The standard InChI is InChI=1S/C22H26N2O2.C2H6O3S2/c1-21(10-5-11-23)22(25,24-12-13-26-21)20-9-4-8-18-14-16-6-2-3-7-17(16)15-19(18)20;1-4-7(3,6)5-2/h2-4,6-9,14-15,24-25H,5,10-13,23H2,1H3;1-2H3. The molecule has 0 spiro atoms. The van der Waals surface area contributed by atoms with Crippen molar-refractivity contribution in [2.24, 2.45) is 5.73 Å². The Morgan fingerprint density at radius 1 is 1.12 bits per heavy atom. The van der Waals surface area contributed by atoms with E-state index in [-0.39, 0.29) is 0 Å². The van der Waals surface area contributed by atoms with Gasteiger partial charge in [0.2, 0.25) is 0 Å². The normalized spacial score (nSPS) is 23.3. The average Bonchev–Trinajstić information content (AvgIpc) is 2.83. The molecule has 0 radical (unpaired) electrons. The van der Waals surface area contributed by atoms with E-state index in [2.05, 4.69) is 55.2 Å². The fourth-order valence-corrected chi connectivity index (χ4v) is 4.36. The summed E-state index contributed by atoms with van der Waals surface area (Å²) in [6.45, 7) is 3.75. The van der Waals surface area contributed by atoms with E-state index in [1.165, 1.54) is 19.6 Å². The highest BCUT2D eigenvalue weighted by Crippen LogP contribution is 2.42. The lowest BCUT2D eigenvalue weighted by Crippen LogP contribution is -2.64. The molecule has 4 N–H and O–H groups in total. The Morgan fingerprint density at radius 2 is 1.76 bits per heavy atom. The van der Waals surface area contributed by atoms with Crippen molar-refractivity contribution in [2.75, 3.05) is 33.9 Å². The number of hydrogen-bond donors (Lipinski definition) is 3. The molecule has 33 heavy (non-hydrogen) atoms. The number of ether oxygens (including phenoxy) is 1. The minimum absolute atomic E-state index is 0.579. The summed E-state index contributed by atoms with van der Waals surface area (Å²) < 4.78 is 24.8. The first kappa shape index (κ1) is 25.9. The molecular formula is C24H32N2O5S2. The third kappa shape index (κ3) is 5.52. The van der Waals surface area contributed by atoms with Crippen molar-refractivity contribution in [3.8, 4) is 0 Å². The van der Waals surface area contributed by atoms with Gasteiger partial charge in [-0.3, -0.25) is 13.7 Å². The molecule has 3 aromatic carbocycles. The molecule has 1 aliphatic heterocycles. The van der Waals surface area contributed by atoms with Gasteiger partial charge in [0.25, 0.3) is 9.05 Å². The number of fused-ring (bicyclic) bond motifs is 2. The molecule has 0 saturated carbocycles. The number of benzene rings is 3. The van der Waals surface area contributed by atoms with Gasteiger partial charge in [-0.15, -0.1) is 0 Å². The zero-order chi connectivity index (χ0) is 24.1. The SMILES string of the molecule is CC1(CCCN)OCCNC1(O)c1cccc2cc3ccccc3cc12.COS(=O)(=S)OC. The predicted octanol–water partition coefficient (Wildman–Crippen LogP) is 3.11. The minimum atomic E-state index is -2.82. The first-order valence-corrected chi connectivity index (χ1v) is 13.1. The number of morpholine rings is 1. The number of nitrogens with two attached hydrogens (primary N) is 1. The zero-order valence-corrected chi connectivity index (χ0v) is 20.8. The molecule has 3 aromatic rings. The van der Waals surface area contributed by atoms with E-state index in [1.54, 1.807) is 0 Å². The van der Waals surface area contributed by atoms with Crippen molar-refractivity contribution in [3.05, 3.63) is 60.2 Å².